The maximum atomic E-state index is 6.04. The average molecular weight is 285 g/mol. The Hall–Kier alpha value is -1.72. The second kappa shape index (κ2) is 5.29. The number of benzene rings is 1. The summed E-state index contributed by atoms with van der Waals surface area (Å²) in [5.74, 6) is 0.973. The summed E-state index contributed by atoms with van der Waals surface area (Å²) in [6.07, 6.45) is 0. The quantitative estimate of drug-likeness (QED) is 0.906. The molecule has 18 heavy (non-hydrogen) atoms. The van der Waals surface area contributed by atoms with E-state index in [4.69, 9.17) is 33.7 Å². The van der Waals surface area contributed by atoms with Crippen LogP contribution >= 0.6 is 23.2 Å². The normalized spacial score (nSPS) is 10.2. The summed E-state index contributed by atoms with van der Waals surface area (Å²) in [5, 5.41) is 4.06. The van der Waals surface area contributed by atoms with Gasteiger partial charge in [0.25, 0.3) is 0 Å². The monoisotopic (exact) mass is 284 g/mol. The van der Waals surface area contributed by atoms with Crippen molar-refractivity contribution in [1.29, 1.82) is 0 Å². The number of ether oxygens (including phenoxy) is 1. The summed E-state index contributed by atoms with van der Waals surface area (Å²) < 4.78 is 5.00. The van der Waals surface area contributed by atoms with Crippen LogP contribution in [-0.4, -0.2) is 17.1 Å². The minimum Gasteiger partial charge on any atom is -0.481 e. The number of nitrogens with one attached hydrogen (secondary N) is 1. The van der Waals surface area contributed by atoms with Crippen LogP contribution in [0, 0.1) is 0 Å². The lowest BCUT2D eigenvalue weighted by Crippen LogP contribution is -2.02. The number of nitrogens with zero attached hydrogens (tertiary/aromatic N) is 2. The van der Waals surface area contributed by atoms with E-state index in [1.807, 2.05) is 0 Å². The molecule has 7 heteroatoms. The third-order valence-electron chi connectivity index (χ3n) is 2.12. The molecule has 0 aliphatic heterocycles. The second-order valence-corrected chi connectivity index (χ2v) is 4.25. The Labute approximate surface area is 114 Å². The predicted molar refractivity (Wildman–Crippen MR) is 72.7 cm³/mol. The fraction of sp³-hybridized carbons (Fsp3) is 0.0909. The average Bonchev–Trinajstić information content (AvgIpc) is 2.32. The molecule has 0 radical (unpaired) electrons. The minimum atomic E-state index is 0.113. The molecule has 0 spiro atoms. The van der Waals surface area contributed by atoms with Crippen molar-refractivity contribution in [1.82, 2.24) is 9.97 Å². The first kappa shape index (κ1) is 12.7. The number of hydrogen-bond acceptors (Lipinski definition) is 5. The van der Waals surface area contributed by atoms with Crippen LogP contribution < -0.4 is 15.8 Å². The van der Waals surface area contributed by atoms with Crippen molar-refractivity contribution < 1.29 is 4.74 Å². The Morgan fingerprint density at radius 3 is 2.67 bits per heavy atom. The Bertz CT molecular complexity index is 577. The van der Waals surface area contributed by atoms with Crippen molar-refractivity contribution >= 4 is 40.7 Å². The fourth-order valence-electron chi connectivity index (χ4n) is 1.34. The first-order valence-electron chi connectivity index (χ1n) is 4.99. The van der Waals surface area contributed by atoms with Crippen molar-refractivity contribution in [2.75, 3.05) is 18.2 Å². The number of nitrogens with two attached hydrogens (primary N) is 1. The summed E-state index contributed by atoms with van der Waals surface area (Å²) in [4.78, 5) is 7.91. The van der Waals surface area contributed by atoms with Crippen LogP contribution in [-0.2, 0) is 0 Å². The van der Waals surface area contributed by atoms with E-state index in [0.717, 1.165) is 0 Å². The van der Waals surface area contributed by atoms with Crippen LogP contribution in [0.15, 0.2) is 24.3 Å². The molecule has 0 aliphatic carbocycles. The first-order chi connectivity index (χ1) is 8.58. The Balaban J connectivity index is 2.30. The summed E-state index contributed by atoms with van der Waals surface area (Å²) in [6, 6.07) is 6.71. The van der Waals surface area contributed by atoms with Crippen LogP contribution in [0.3, 0.4) is 0 Å². The highest BCUT2D eigenvalue weighted by molar-refractivity contribution is 6.36. The molecular formula is C11H10Cl2N4O. The van der Waals surface area contributed by atoms with Gasteiger partial charge in [0, 0.05) is 11.1 Å². The van der Waals surface area contributed by atoms with E-state index in [-0.39, 0.29) is 5.95 Å². The van der Waals surface area contributed by atoms with Gasteiger partial charge in [0.15, 0.2) is 0 Å². The van der Waals surface area contributed by atoms with Crippen molar-refractivity contribution in [2.24, 2.45) is 0 Å². The molecule has 0 saturated carbocycles. The van der Waals surface area contributed by atoms with Gasteiger partial charge in [-0.3, -0.25) is 0 Å². The molecule has 2 rings (SSSR count). The number of nitrogen functional groups attached to an aromatic ring is 1. The van der Waals surface area contributed by atoms with Crippen molar-refractivity contribution in [2.45, 2.75) is 0 Å². The topological polar surface area (TPSA) is 73.1 Å². The number of halogens is 2. The molecule has 2 aromatic rings. The zero-order valence-corrected chi connectivity index (χ0v) is 11.0. The van der Waals surface area contributed by atoms with Gasteiger partial charge in [0.05, 0.1) is 17.8 Å². The third-order valence-corrected chi connectivity index (χ3v) is 2.67. The maximum absolute atomic E-state index is 6.04. The van der Waals surface area contributed by atoms with Gasteiger partial charge in [-0.25, -0.2) is 0 Å². The number of aromatic nitrogens is 2. The van der Waals surface area contributed by atoms with E-state index >= 15 is 0 Å². The summed E-state index contributed by atoms with van der Waals surface area (Å²) in [7, 11) is 1.50. The highest BCUT2D eigenvalue weighted by atomic mass is 35.5. The van der Waals surface area contributed by atoms with Crippen molar-refractivity contribution in [3.8, 4) is 5.88 Å². The SMILES string of the molecule is COc1cc(Nc2ccc(Cl)cc2Cl)nc(N)n1. The van der Waals surface area contributed by atoms with Crippen molar-refractivity contribution in [3.63, 3.8) is 0 Å². The van der Waals surface area contributed by atoms with Gasteiger partial charge >= 0.3 is 0 Å². The van der Waals surface area contributed by atoms with Crippen LogP contribution in [0.5, 0.6) is 5.88 Å². The molecular weight excluding hydrogens is 275 g/mol. The minimum absolute atomic E-state index is 0.113. The molecule has 0 bridgehead atoms. The second-order valence-electron chi connectivity index (χ2n) is 3.40. The zero-order valence-electron chi connectivity index (χ0n) is 9.45. The zero-order chi connectivity index (χ0) is 13.1. The third kappa shape index (κ3) is 2.94. The van der Waals surface area contributed by atoms with E-state index in [1.54, 1.807) is 24.3 Å². The van der Waals surface area contributed by atoms with Gasteiger partial charge in [-0.2, -0.15) is 9.97 Å². The number of hydrogen-bond donors (Lipinski definition) is 2. The largest absolute Gasteiger partial charge is 0.481 e. The van der Waals surface area contributed by atoms with Crippen molar-refractivity contribution in [3.05, 3.63) is 34.3 Å². The van der Waals surface area contributed by atoms with Gasteiger partial charge in [-0.05, 0) is 18.2 Å². The van der Waals surface area contributed by atoms with E-state index in [0.29, 0.717) is 27.4 Å². The smallest absolute Gasteiger partial charge is 0.225 e. The summed E-state index contributed by atoms with van der Waals surface area (Å²) in [5.41, 5.74) is 6.22. The molecule has 3 N–H and O–H groups in total. The molecule has 0 amide bonds. The van der Waals surface area contributed by atoms with Gasteiger partial charge in [-0.1, -0.05) is 23.2 Å². The molecule has 1 aromatic heterocycles. The predicted octanol–water partition coefficient (Wildman–Crippen LogP) is 3.12. The lowest BCUT2D eigenvalue weighted by Gasteiger charge is -2.09. The van der Waals surface area contributed by atoms with Crippen LogP contribution in [0.4, 0.5) is 17.5 Å². The van der Waals surface area contributed by atoms with Crippen LogP contribution in [0.2, 0.25) is 10.0 Å². The lowest BCUT2D eigenvalue weighted by molar-refractivity contribution is 0.398. The highest BCUT2D eigenvalue weighted by Crippen LogP contribution is 2.28. The molecule has 5 nitrogen and oxygen atoms in total. The van der Waals surface area contributed by atoms with Gasteiger partial charge in [0.2, 0.25) is 11.8 Å². The number of rotatable bonds is 3. The maximum Gasteiger partial charge on any atom is 0.225 e. The molecule has 0 fully saturated rings. The molecule has 0 saturated heterocycles. The van der Waals surface area contributed by atoms with E-state index < -0.39 is 0 Å². The Kier molecular flexibility index (Phi) is 3.74. The molecule has 1 aromatic carbocycles. The Morgan fingerprint density at radius 1 is 1.22 bits per heavy atom. The molecule has 1 heterocycles. The molecule has 0 atom stereocenters. The summed E-state index contributed by atoms with van der Waals surface area (Å²) >= 11 is 11.9. The van der Waals surface area contributed by atoms with Crippen LogP contribution in [0.25, 0.3) is 0 Å². The molecule has 0 aliphatic rings. The molecule has 0 unspecified atom stereocenters. The highest BCUT2D eigenvalue weighted by Gasteiger charge is 2.06. The standard InChI is InChI=1S/C11H10Cl2N4O/c1-18-10-5-9(16-11(14)17-10)15-8-3-2-6(12)4-7(8)13/h2-5H,1H3,(H3,14,15,16,17). The number of methoxy groups -OCH3 is 1. The van der Waals surface area contributed by atoms with E-state index in [9.17, 15) is 0 Å². The van der Waals surface area contributed by atoms with E-state index in [1.165, 1.54) is 7.11 Å². The summed E-state index contributed by atoms with van der Waals surface area (Å²) in [6.45, 7) is 0. The lowest BCUT2D eigenvalue weighted by atomic mass is 10.3. The molecule has 94 valence electrons. The number of anilines is 3. The fourth-order valence-corrected chi connectivity index (χ4v) is 1.80. The van der Waals surface area contributed by atoms with Gasteiger partial charge < -0.3 is 15.8 Å². The van der Waals surface area contributed by atoms with Gasteiger partial charge in [-0.15, -0.1) is 0 Å². The Morgan fingerprint density at radius 2 is 2.00 bits per heavy atom. The first-order valence-corrected chi connectivity index (χ1v) is 5.74. The van der Waals surface area contributed by atoms with Gasteiger partial charge in [0.1, 0.15) is 5.82 Å². The van der Waals surface area contributed by atoms with Crippen LogP contribution in [0.1, 0.15) is 0 Å². The van der Waals surface area contributed by atoms with E-state index in [2.05, 4.69) is 15.3 Å².